The molecule has 2 aliphatic heterocycles. The lowest BCUT2D eigenvalue weighted by atomic mass is 9.93. The third-order valence-electron chi connectivity index (χ3n) is 8.75. The first-order valence-electron chi connectivity index (χ1n) is 14.7. The molecule has 1 aromatic heterocycles. The predicted molar refractivity (Wildman–Crippen MR) is 166 cm³/mol. The van der Waals surface area contributed by atoms with Crippen molar-refractivity contribution in [2.24, 2.45) is 0 Å². The number of β-amino-alcohol motifs (C(OH)–C–C–N with tert-alkyl or cyclic N) is 1. The van der Waals surface area contributed by atoms with Gasteiger partial charge in [0.15, 0.2) is 0 Å². The van der Waals surface area contributed by atoms with Crippen LogP contribution in [0.2, 0.25) is 5.02 Å². The average molecular weight is 599 g/mol. The van der Waals surface area contributed by atoms with Gasteiger partial charge in [-0.25, -0.2) is 0 Å². The predicted octanol–water partition coefficient (Wildman–Crippen LogP) is 4.92. The normalized spacial score (nSPS) is 21.1. The number of aromatic amines is 1. The second-order valence-corrected chi connectivity index (χ2v) is 12.1. The third-order valence-corrected chi connectivity index (χ3v) is 9.06. The molecule has 43 heavy (non-hydrogen) atoms. The summed E-state index contributed by atoms with van der Waals surface area (Å²) in [4.78, 5) is 48.8. The van der Waals surface area contributed by atoms with E-state index in [2.05, 4.69) is 65.3 Å². The zero-order valence-corrected chi connectivity index (χ0v) is 25.0. The van der Waals surface area contributed by atoms with E-state index < -0.39 is 17.8 Å². The molecule has 3 heterocycles. The summed E-state index contributed by atoms with van der Waals surface area (Å²) in [6, 6.07) is 24.1. The van der Waals surface area contributed by atoms with E-state index >= 15 is 0 Å². The number of nitrogens with zero attached hydrogens (tertiary/aromatic N) is 3. The van der Waals surface area contributed by atoms with Crippen LogP contribution in [0.15, 0.2) is 79.0 Å². The van der Waals surface area contributed by atoms with Gasteiger partial charge in [-0.3, -0.25) is 19.3 Å². The lowest BCUT2D eigenvalue weighted by Gasteiger charge is -2.47. The van der Waals surface area contributed by atoms with E-state index in [-0.39, 0.29) is 41.2 Å². The summed E-state index contributed by atoms with van der Waals surface area (Å²) in [6.45, 7) is 5.82. The smallest absolute Gasteiger partial charge is 0.295 e. The van der Waals surface area contributed by atoms with Gasteiger partial charge in [0.05, 0.1) is 28.3 Å². The number of likely N-dealkylation sites (tertiary alicyclic amines) is 1. The number of rotatable bonds is 6. The SMILES string of the molecule is C[C@@H]1CN(C(c2ccccc2)c2ccccc2)[C@@H](C)CN1C(=O)c1cc2c(C(=O)C(=O)N3CC[C@@H](O)C3)c[nH]c2cc1Cl. The molecule has 0 radical (unpaired) electrons. The summed E-state index contributed by atoms with van der Waals surface area (Å²) in [6.07, 6.45) is 1.31. The molecule has 0 unspecified atom stereocenters. The molecule has 0 aliphatic carbocycles. The number of hydrogen-bond acceptors (Lipinski definition) is 5. The van der Waals surface area contributed by atoms with Crippen molar-refractivity contribution in [3.8, 4) is 0 Å². The zero-order valence-electron chi connectivity index (χ0n) is 24.2. The molecule has 2 N–H and O–H groups in total. The van der Waals surface area contributed by atoms with Gasteiger partial charge < -0.3 is 19.9 Å². The molecule has 0 spiro atoms. The summed E-state index contributed by atoms with van der Waals surface area (Å²) in [7, 11) is 0. The number of nitrogens with one attached hydrogen (secondary N) is 1. The van der Waals surface area contributed by atoms with Crippen LogP contribution in [-0.4, -0.2) is 86.8 Å². The van der Waals surface area contributed by atoms with Gasteiger partial charge in [0.2, 0.25) is 0 Å². The van der Waals surface area contributed by atoms with Crippen molar-refractivity contribution in [3.05, 3.63) is 106 Å². The number of ketones is 1. The van der Waals surface area contributed by atoms with Crippen LogP contribution in [-0.2, 0) is 4.79 Å². The number of aromatic nitrogens is 1. The molecule has 2 saturated heterocycles. The Balaban J connectivity index is 1.26. The number of halogens is 1. The summed E-state index contributed by atoms with van der Waals surface area (Å²) >= 11 is 6.65. The van der Waals surface area contributed by atoms with Crippen LogP contribution in [0.1, 0.15) is 58.2 Å². The molecule has 6 rings (SSSR count). The molecule has 222 valence electrons. The third kappa shape index (κ3) is 5.58. The number of aliphatic hydroxyl groups excluding tert-OH is 1. The number of carbonyl (C=O) groups is 3. The van der Waals surface area contributed by atoms with Crippen LogP contribution in [0.3, 0.4) is 0 Å². The number of carbonyl (C=O) groups excluding carboxylic acids is 3. The summed E-state index contributed by atoms with van der Waals surface area (Å²) < 4.78 is 0. The Hall–Kier alpha value is -3.98. The Morgan fingerprint density at radius 2 is 1.53 bits per heavy atom. The van der Waals surface area contributed by atoms with Gasteiger partial charge in [-0.05, 0) is 43.5 Å². The molecule has 2 amide bonds. The van der Waals surface area contributed by atoms with Crippen molar-refractivity contribution < 1.29 is 19.5 Å². The number of amides is 2. The fraction of sp³-hybridized carbons (Fsp3) is 0.324. The zero-order chi connectivity index (χ0) is 30.2. The number of Topliss-reactive ketones (excluding diaryl/α,β-unsaturated/α-hetero) is 1. The highest BCUT2D eigenvalue weighted by atomic mass is 35.5. The fourth-order valence-electron chi connectivity index (χ4n) is 6.48. The molecule has 9 heteroatoms. The first kappa shape index (κ1) is 29.1. The van der Waals surface area contributed by atoms with Gasteiger partial charge >= 0.3 is 0 Å². The largest absolute Gasteiger partial charge is 0.391 e. The van der Waals surface area contributed by atoms with E-state index in [1.54, 1.807) is 12.1 Å². The first-order chi connectivity index (χ1) is 20.7. The minimum Gasteiger partial charge on any atom is -0.391 e. The maximum atomic E-state index is 14.0. The lowest BCUT2D eigenvalue weighted by molar-refractivity contribution is -0.125. The molecule has 8 nitrogen and oxygen atoms in total. The van der Waals surface area contributed by atoms with Crippen LogP contribution in [0.5, 0.6) is 0 Å². The minimum atomic E-state index is -0.676. The maximum Gasteiger partial charge on any atom is 0.295 e. The fourth-order valence-corrected chi connectivity index (χ4v) is 6.72. The Bertz CT molecular complexity index is 1620. The molecule has 3 atom stereocenters. The van der Waals surface area contributed by atoms with Gasteiger partial charge in [-0.2, -0.15) is 0 Å². The Morgan fingerprint density at radius 1 is 0.884 bits per heavy atom. The van der Waals surface area contributed by atoms with Crippen molar-refractivity contribution in [1.29, 1.82) is 0 Å². The van der Waals surface area contributed by atoms with Crippen molar-refractivity contribution in [2.75, 3.05) is 26.2 Å². The summed E-state index contributed by atoms with van der Waals surface area (Å²) in [5.74, 6) is -1.55. The van der Waals surface area contributed by atoms with E-state index in [0.29, 0.717) is 42.5 Å². The Morgan fingerprint density at radius 3 is 2.14 bits per heavy atom. The average Bonchev–Trinajstić information content (AvgIpc) is 3.64. The van der Waals surface area contributed by atoms with E-state index in [4.69, 9.17) is 11.6 Å². The van der Waals surface area contributed by atoms with E-state index in [0.717, 1.165) is 0 Å². The topological polar surface area (TPSA) is 97.0 Å². The van der Waals surface area contributed by atoms with E-state index in [9.17, 15) is 19.5 Å². The summed E-state index contributed by atoms with van der Waals surface area (Å²) in [5.41, 5.74) is 3.44. The highest BCUT2D eigenvalue weighted by Crippen LogP contribution is 2.35. The van der Waals surface area contributed by atoms with Gasteiger partial charge in [0.25, 0.3) is 17.6 Å². The van der Waals surface area contributed by atoms with Gasteiger partial charge in [-0.1, -0.05) is 72.3 Å². The number of hydrogen-bond donors (Lipinski definition) is 2. The lowest BCUT2D eigenvalue weighted by Crippen LogP contribution is -2.58. The highest BCUT2D eigenvalue weighted by Gasteiger charge is 2.38. The van der Waals surface area contributed by atoms with Crippen LogP contribution < -0.4 is 0 Å². The maximum absolute atomic E-state index is 14.0. The number of fused-ring (bicyclic) bond motifs is 1. The molecular formula is C34H35ClN4O4. The van der Waals surface area contributed by atoms with Crippen molar-refractivity contribution in [1.82, 2.24) is 19.7 Å². The van der Waals surface area contributed by atoms with Crippen molar-refractivity contribution in [3.63, 3.8) is 0 Å². The summed E-state index contributed by atoms with van der Waals surface area (Å²) in [5, 5.41) is 10.6. The molecular weight excluding hydrogens is 564 g/mol. The first-order valence-corrected chi connectivity index (χ1v) is 15.1. The number of benzene rings is 3. The second-order valence-electron chi connectivity index (χ2n) is 11.7. The van der Waals surface area contributed by atoms with Crippen LogP contribution in [0, 0.1) is 0 Å². The van der Waals surface area contributed by atoms with E-state index in [1.165, 1.54) is 22.2 Å². The molecule has 2 fully saturated rings. The van der Waals surface area contributed by atoms with Gasteiger partial charge in [0, 0.05) is 55.4 Å². The van der Waals surface area contributed by atoms with Crippen LogP contribution in [0.4, 0.5) is 0 Å². The van der Waals surface area contributed by atoms with Gasteiger partial charge in [-0.15, -0.1) is 0 Å². The molecule has 2 aliphatic rings. The van der Waals surface area contributed by atoms with Crippen molar-refractivity contribution in [2.45, 2.75) is 44.5 Å². The number of aliphatic hydroxyl groups is 1. The van der Waals surface area contributed by atoms with E-state index in [1.807, 2.05) is 24.0 Å². The number of H-pyrrole nitrogens is 1. The quantitative estimate of drug-likeness (QED) is 0.243. The molecule has 0 bridgehead atoms. The molecule has 3 aromatic carbocycles. The monoisotopic (exact) mass is 598 g/mol. The highest BCUT2D eigenvalue weighted by molar-refractivity contribution is 6.45. The second kappa shape index (κ2) is 12.0. The molecule has 0 saturated carbocycles. The Kier molecular flexibility index (Phi) is 8.09. The minimum absolute atomic E-state index is 0.0414. The Labute approximate surface area is 255 Å². The standard InChI is InChI=1S/C34H35ClN4O4/c1-21-19-39(22(2)18-38(21)31(23-9-5-3-6-10-23)24-11-7-4-8-12-24)33(42)27-15-26-28(17-36-30(26)16-29(27)35)32(41)34(43)37-14-13-25(40)20-37/h3-12,15-17,21-22,25,31,36,40H,13-14,18-20H2,1-2H3/t21-,22+,25+/m0/s1. The van der Waals surface area contributed by atoms with Crippen LogP contribution in [0.25, 0.3) is 10.9 Å². The number of piperazine rings is 1. The molecule has 4 aromatic rings. The van der Waals surface area contributed by atoms with Crippen molar-refractivity contribution >= 4 is 40.1 Å². The van der Waals surface area contributed by atoms with Crippen LogP contribution >= 0.6 is 11.6 Å². The van der Waals surface area contributed by atoms with Gasteiger partial charge in [0.1, 0.15) is 0 Å².